The molecule has 20 heavy (non-hydrogen) atoms. The third-order valence-electron chi connectivity index (χ3n) is 3.17. The first-order chi connectivity index (χ1) is 9.70. The average Bonchev–Trinajstić information content (AvgIpc) is 2.92. The van der Waals surface area contributed by atoms with E-state index in [1.165, 1.54) is 11.1 Å². The van der Waals surface area contributed by atoms with Gasteiger partial charge in [-0.15, -0.1) is 0 Å². The standard InChI is InChI=1S/C18H17NO/c1-14-11-15(2)13-18(12-14)20-17-7-5-16(6-8-17)19-9-3-4-10-19/h3-13H,1-2H3. The Kier molecular flexibility index (Phi) is 3.30. The predicted octanol–water partition coefficient (Wildman–Crippen LogP) is 4.89. The molecule has 0 saturated carbocycles. The molecule has 0 N–H and O–H groups in total. The van der Waals surface area contributed by atoms with E-state index in [1.807, 2.05) is 48.8 Å². The molecular weight excluding hydrogens is 246 g/mol. The van der Waals surface area contributed by atoms with Crippen molar-refractivity contribution in [3.8, 4) is 17.2 Å². The molecule has 2 heteroatoms. The van der Waals surface area contributed by atoms with Gasteiger partial charge in [-0.1, -0.05) is 6.07 Å². The number of aromatic nitrogens is 1. The fourth-order valence-electron chi connectivity index (χ4n) is 2.32. The maximum absolute atomic E-state index is 5.90. The molecule has 3 rings (SSSR count). The zero-order valence-corrected chi connectivity index (χ0v) is 11.7. The summed E-state index contributed by atoms with van der Waals surface area (Å²) in [5.74, 6) is 1.74. The zero-order valence-electron chi connectivity index (χ0n) is 11.7. The summed E-state index contributed by atoms with van der Waals surface area (Å²) in [6.45, 7) is 4.16. The highest BCUT2D eigenvalue weighted by Gasteiger charge is 2.00. The first kappa shape index (κ1) is 12.5. The van der Waals surface area contributed by atoms with E-state index in [9.17, 15) is 0 Å². The van der Waals surface area contributed by atoms with E-state index in [-0.39, 0.29) is 0 Å². The molecule has 2 nitrogen and oxygen atoms in total. The van der Waals surface area contributed by atoms with Crippen molar-refractivity contribution in [3.05, 3.63) is 78.1 Å². The minimum atomic E-state index is 0.853. The molecule has 0 amide bonds. The molecule has 100 valence electrons. The molecule has 0 atom stereocenters. The summed E-state index contributed by atoms with van der Waals surface area (Å²) in [5, 5.41) is 0. The molecule has 2 aromatic carbocycles. The molecule has 0 saturated heterocycles. The van der Waals surface area contributed by atoms with Crippen LogP contribution in [0.15, 0.2) is 67.0 Å². The van der Waals surface area contributed by atoms with E-state index in [1.54, 1.807) is 0 Å². The minimum Gasteiger partial charge on any atom is -0.457 e. The second-order valence-corrected chi connectivity index (χ2v) is 5.01. The van der Waals surface area contributed by atoms with Crippen molar-refractivity contribution >= 4 is 0 Å². The van der Waals surface area contributed by atoms with Gasteiger partial charge in [0.15, 0.2) is 0 Å². The van der Waals surface area contributed by atoms with Crippen molar-refractivity contribution in [3.63, 3.8) is 0 Å². The highest BCUT2D eigenvalue weighted by Crippen LogP contribution is 2.24. The SMILES string of the molecule is Cc1cc(C)cc(Oc2ccc(-n3cccc3)cc2)c1. The molecule has 0 radical (unpaired) electrons. The second-order valence-electron chi connectivity index (χ2n) is 5.01. The first-order valence-electron chi connectivity index (χ1n) is 6.70. The summed E-state index contributed by atoms with van der Waals surface area (Å²) in [4.78, 5) is 0. The van der Waals surface area contributed by atoms with Crippen LogP contribution in [0.25, 0.3) is 5.69 Å². The summed E-state index contributed by atoms with van der Waals surface area (Å²) in [6, 6.07) is 18.4. The molecule has 1 aromatic heterocycles. The Balaban J connectivity index is 1.81. The number of rotatable bonds is 3. The Morgan fingerprint density at radius 1 is 0.750 bits per heavy atom. The Hall–Kier alpha value is -2.48. The lowest BCUT2D eigenvalue weighted by atomic mass is 10.1. The van der Waals surface area contributed by atoms with E-state index in [4.69, 9.17) is 4.74 Å². The predicted molar refractivity (Wildman–Crippen MR) is 81.8 cm³/mol. The quantitative estimate of drug-likeness (QED) is 0.656. The maximum Gasteiger partial charge on any atom is 0.127 e. The molecule has 0 spiro atoms. The van der Waals surface area contributed by atoms with Crippen LogP contribution in [0.2, 0.25) is 0 Å². The Labute approximate surface area is 119 Å². The van der Waals surface area contributed by atoms with Gasteiger partial charge in [-0.2, -0.15) is 0 Å². The van der Waals surface area contributed by atoms with Crippen molar-refractivity contribution in [2.24, 2.45) is 0 Å². The summed E-state index contributed by atoms with van der Waals surface area (Å²) < 4.78 is 7.97. The molecule has 0 aliphatic carbocycles. The van der Waals surface area contributed by atoms with Crippen LogP contribution >= 0.6 is 0 Å². The topological polar surface area (TPSA) is 14.2 Å². The van der Waals surface area contributed by atoms with Crippen molar-refractivity contribution in [1.29, 1.82) is 0 Å². The zero-order chi connectivity index (χ0) is 13.9. The lowest BCUT2D eigenvalue weighted by Gasteiger charge is -2.09. The van der Waals surface area contributed by atoms with Gasteiger partial charge in [0.25, 0.3) is 0 Å². The largest absolute Gasteiger partial charge is 0.457 e. The monoisotopic (exact) mass is 263 g/mol. The molecule has 1 heterocycles. The smallest absolute Gasteiger partial charge is 0.127 e. The van der Waals surface area contributed by atoms with E-state index in [0.29, 0.717) is 0 Å². The van der Waals surface area contributed by atoms with Gasteiger partial charge in [0, 0.05) is 18.1 Å². The number of nitrogens with zero attached hydrogens (tertiary/aromatic N) is 1. The van der Waals surface area contributed by atoms with Crippen molar-refractivity contribution < 1.29 is 4.74 Å². The van der Waals surface area contributed by atoms with Gasteiger partial charge in [-0.3, -0.25) is 0 Å². The molecule has 0 aliphatic heterocycles. The van der Waals surface area contributed by atoms with Crippen molar-refractivity contribution in [2.45, 2.75) is 13.8 Å². The van der Waals surface area contributed by atoms with Crippen molar-refractivity contribution in [1.82, 2.24) is 4.57 Å². The van der Waals surface area contributed by atoms with Crippen LogP contribution in [-0.4, -0.2) is 4.57 Å². The third-order valence-corrected chi connectivity index (χ3v) is 3.17. The van der Waals surface area contributed by atoms with E-state index in [0.717, 1.165) is 17.2 Å². The summed E-state index contributed by atoms with van der Waals surface area (Å²) in [6.07, 6.45) is 4.06. The van der Waals surface area contributed by atoms with Crippen LogP contribution in [0.4, 0.5) is 0 Å². The number of benzene rings is 2. The highest BCUT2D eigenvalue weighted by molar-refractivity contribution is 5.41. The maximum atomic E-state index is 5.90. The van der Waals surface area contributed by atoms with Crippen LogP contribution in [0, 0.1) is 13.8 Å². The molecule has 0 bridgehead atoms. The van der Waals surface area contributed by atoms with E-state index < -0.39 is 0 Å². The molecular formula is C18H17NO. The van der Waals surface area contributed by atoms with Gasteiger partial charge < -0.3 is 9.30 Å². The summed E-state index contributed by atoms with van der Waals surface area (Å²) >= 11 is 0. The second kappa shape index (κ2) is 5.25. The van der Waals surface area contributed by atoms with Gasteiger partial charge in [-0.05, 0) is 73.5 Å². The average molecular weight is 263 g/mol. The number of ether oxygens (including phenoxy) is 1. The Morgan fingerprint density at radius 2 is 1.35 bits per heavy atom. The Bertz CT molecular complexity index is 677. The lowest BCUT2D eigenvalue weighted by molar-refractivity contribution is 0.482. The van der Waals surface area contributed by atoms with Crippen molar-refractivity contribution in [2.75, 3.05) is 0 Å². The normalized spacial score (nSPS) is 10.5. The molecule has 0 aliphatic rings. The highest BCUT2D eigenvalue weighted by atomic mass is 16.5. The van der Waals surface area contributed by atoms with Crippen LogP contribution in [0.1, 0.15) is 11.1 Å². The van der Waals surface area contributed by atoms with Crippen LogP contribution < -0.4 is 4.74 Å². The fourth-order valence-corrected chi connectivity index (χ4v) is 2.32. The third kappa shape index (κ3) is 2.75. The van der Waals surface area contributed by atoms with Gasteiger partial charge >= 0.3 is 0 Å². The van der Waals surface area contributed by atoms with Gasteiger partial charge in [-0.25, -0.2) is 0 Å². The lowest BCUT2D eigenvalue weighted by Crippen LogP contribution is -1.90. The van der Waals surface area contributed by atoms with Gasteiger partial charge in [0.1, 0.15) is 11.5 Å². The van der Waals surface area contributed by atoms with Crippen LogP contribution in [0.3, 0.4) is 0 Å². The molecule has 0 fully saturated rings. The van der Waals surface area contributed by atoms with Crippen LogP contribution in [0.5, 0.6) is 11.5 Å². The summed E-state index contributed by atoms with van der Waals surface area (Å²) in [5.41, 5.74) is 3.55. The van der Waals surface area contributed by atoms with Crippen LogP contribution in [-0.2, 0) is 0 Å². The van der Waals surface area contributed by atoms with E-state index in [2.05, 4.69) is 36.6 Å². The number of hydrogen-bond donors (Lipinski definition) is 0. The molecule has 0 unspecified atom stereocenters. The molecule has 3 aromatic rings. The minimum absolute atomic E-state index is 0.853. The fraction of sp³-hybridized carbons (Fsp3) is 0.111. The Morgan fingerprint density at radius 3 is 1.95 bits per heavy atom. The van der Waals surface area contributed by atoms with Gasteiger partial charge in [0.2, 0.25) is 0 Å². The first-order valence-corrected chi connectivity index (χ1v) is 6.70. The van der Waals surface area contributed by atoms with E-state index >= 15 is 0 Å². The summed E-state index contributed by atoms with van der Waals surface area (Å²) in [7, 11) is 0. The number of aryl methyl sites for hydroxylation is 2. The van der Waals surface area contributed by atoms with Gasteiger partial charge in [0.05, 0.1) is 0 Å². The number of hydrogen-bond acceptors (Lipinski definition) is 1.